The standard InChI is InChI=1S/C20H23N3O3S/c1-22-19-9-8-18(13-15(19)7-10-20(22)24)27(25,26)21-16-5-4-6-17(14-16)23-11-2-3-12-23/h4-6,8-9,13-14,21H,2-3,7,10-12H2,1H3. The van der Waals surface area contributed by atoms with Crippen LogP contribution in [0.25, 0.3) is 0 Å². The summed E-state index contributed by atoms with van der Waals surface area (Å²) in [4.78, 5) is 15.9. The molecule has 2 aromatic rings. The summed E-state index contributed by atoms with van der Waals surface area (Å²) in [5.74, 6) is 0.0509. The molecule has 2 aliphatic rings. The van der Waals surface area contributed by atoms with E-state index in [1.165, 1.54) is 12.8 Å². The molecule has 2 aromatic carbocycles. The monoisotopic (exact) mass is 385 g/mol. The van der Waals surface area contributed by atoms with Crippen LogP contribution in [0.1, 0.15) is 24.8 Å². The molecular weight excluding hydrogens is 362 g/mol. The SMILES string of the molecule is CN1C(=O)CCc2cc(S(=O)(=O)Nc3cccc(N4CCCC4)c3)ccc21. The Labute approximate surface area is 159 Å². The van der Waals surface area contributed by atoms with Crippen molar-refractivity contribution in [1.29, 1.82) is 0 Å². The minimum atomic E-state index is -3.69. The summed E-state index contributed by atoms with van der Waals surface area (Å²) < 4.78 is 28.4. The number of carbonyl (C=O) groups is 1. The molecule has 1 amide bonds. The van der Waals surface area contributed by atoms with Gasteiger partial charge in [-0.15, -0.1) is 0 Å². The number of rotatable bonds is 4. The number of sulfonamides is 1. The number of anilines is 3. The normalized spacial score (nSPS) is 17.1. The highest BCUT2D eigenvalue weighted by atomic mass is 32.2. The van der Waals surface area contributed by atoms with Gasteiger partial charge in [-0.3, -0.25) is 9.52 Å². The van der Waals surface area contributed by atoms with Crippen LogP contribution < -0.4 is 14.5 Å². The van der Waals surface area contributed by atoms with Gasteiger partial charge in [-0.2, -0.15) is 0 Å². The summed E-state index contributed by atoms with van der Waals surface area (Å²) in [7, 11) is -1.97. The van der Waals surface area contributed by atoms with Gasteiger partial charge < -0.3 is 9.80 Å². The first kappa shape index (κ1) is 17.9. The van der Waals surface area contributed by atoms with Crippen molar-refractivity contribution in [3.05, 3.63) is 48.0 Å². The van der Waals surface area contributed by atoms with Crippen LogP contribution in [0.5, 0.6) is 0 Å². The van der Waals surface area contributed by atoms with Crippen molar-refractivity contribution in [2.45, 2.75) is 30.6 Å². The van der Waals surface area contributed by atoms with Gasteiger partial charge in [-0.05, 0) is 61.2 Å². The van der Waals surface area contributed by atoms with Crippen LogP contribution >= 0.6 is 0 Å². The van der Waals surface area contributed by atoms with Crippen LogP contribution in [0.15, 0.2) is 47.4 Å². The third kappa shape index (κ3) is 3.51. The Morgan fingerprint density at radius 2 is 1.78 bits per heavy atom. The number of aryl methyl sites for hydroxylation is 1. The van der Waals surface area contributed by atoms with Crippen molar-refractivity contribution < 1.29 is 13.2 Å². The molecule has 27 heavy (non-hydrogen) atoms. The largest absolute Gasteiger partial charge is 0.371 e. The molecule has 0 saturated carbocycles. The highest BCUT2D eigenvalue weighted by Crippen LogP contribution is 2.30. The number of hydrogen-bond donors (Lipinski definition) is 1. The third-order valence-electron chi connectivity index (χ3n) is 5.27. The van der Waals surface area contributed by atoms with Crippen molar-refractivity contribution in [1.82, 2.24) is 0 Å². The van der Waals surface area contributed by atoms with Crippen molar-refractivity contribution in [3.8, 4) is 0 Å². The number of nitrogens with one attached hydrogen (secondary N) is 1. The Morgan fingerprint density at radius 3 is 2.56 bits per heavy atom. The highest BCUT2D eigenvalue weighted by Gasteiger charge is 2.24. The Balaban J connectivity index is 1.59. The van der Waals surface area contributed by atoms with E-state index >= 15 is 0 Å². The van der Waals surface area contributed by atoms with Gasteiger partial charge in [0.15, 0.2) is 0 Å². The van der Waals surface area contributed by atoms with Crippen LogP contribution in [0.4, 0.5) is 17.1 Å². The summed E-state index contributed by atoms with van der Waals surface area (Å²) in [5.41, 5.74) is 3.26. The zero-order valence-corrected chi connectivity index (χ0v) is 16.1. The molecule has 2 heterocycles. The molecule has 1 N–H and O–H groups in total. The lowest BCUT2D eigenvalue weighted by Crippen LogP contribution is -2.31. The average molecular weight is 385 g/mol. The molecule has 0 radical (unpaired) electrons. The molecule has 1 saturated heterocycles. The molecule has 2 aliphatic heterocycles. The van der Waals surface area contributed by atoms with Gasteiger partial charge in [0.25, 0.3) is 10.0 Å². The minimum absolute atomic E-state index is 0.0509. The summed E-state index contributed by atoms with van der Waals surface area (Å²) >= 11 is 0. The minimum Gasteiger partial charge on any atom is -0.371 e. The van der Waals surface area contributed by atoms with E-state index in [4.69, 9.17) is 0 Å². The molecule has 0 atom stereocenters. The lowest BCUT2D eigenvalue weighted by Gasteiger charge is -2.26. The molecule has 0 unspecified atom stereocenters. The molecule has 7 heteroatoms. The van der Waals surface area contributed by atoms with Crippen LogP contribution in [0.3, 0.4) is 0 Å². The van der Waals surface area contributed by atoms with Crippen molar-refractivity contribution in [3.63, 3.8) is 0 Å². The molecule has 0 spiro atoms. The van der Waals surface area contributed by atoms with E-state index in [0.717, 1.165) is 30.0 Å². The Bertz CT molecular complexity index is 982. The number of fused-ring (bicyclic) bond motifs is 1. The van der Waals surface area contributed by atoms with E-state index in [1.807, 2.05) is 18.2 Å². The lowest BCUT2D eigenvalue weighted by molar-refractivity contribution is -0.118. The fourth-order valence-electron chi connectivity index (χ4n) is 3.76. The first-order valence-corrected chi connectivity index (χ1v) is 10.7. The number of benzene rings is 2. The second kappa shape index (κ2) is 6.88. The van der Waals surface area contributed by atoms with Gasteiger partial charge in [0.2, 0.25) is 5.91 Å². The lowest BCUT2D eigenvalue weighted by atomic mass is 10.0. The molecule has 4 rings (SSSR count). The summed E-state index contributed by atoms with van der Waals surface area (Å²) in [6.45, 7) is 2.01. The molecule has 1 fully saturated rings. The van der Waals surface area contributed by atoms with E-state index in [0.29, 0.717) is 18.5 Å². The third-order valence-corrected chi connectivity index (χ3v) is 6.65. The predicted octanol–water partition coefficient (Wildman–Crippen LogP) is 3.00. The maximum absolute atomic E-state index is 12.9. The van der Waals surface area contributed by atoms with Crippen molar-refractivity contribution in [2.75, 3.05) is 34.7 Å². The van der Waals surface area contributed by atoms with Gasteiger partial charge in [-0.1, -0.05) is 6.07 Å². The fourth-order valence-corrected chi connectivity index (χ4v) is 4.86. The Hall–Kier alpha value is -2.54. The van der Waals surface area contributed by atoms with Gasteiger partial charge >= 0.3 is 0 Å². The molecular formula is C20H23N3O3S. The molecule has 142 valence electrons. The van der Waals surface area contributed by atoms with Crippen LogP contribution in [0.2, 0.25) is 0 Å². The maximum Gasteiger partial charge on any atom is 0.261 e. The van der Waals surface area contributed by atoms with Crippen LogP contribution in [-0.4, -0.2) is 34.5 Å². The predicted molar refractivity (Wildman–Crippen MR) is 107 cm³/mol. The van der Waals surface area contributed by atoms with E-state index in [2.05, 4.69) is 9.62 Å². The number of hydrogen-bond acceptors (Lipinski definition) is 4. The number of carbonyl (C=O) groups excluding carboxylic acids is 1. The zero-order valence-electron chi connectivity index (χ0n) is 15.3. The molecule has 0 bridgehead atoms. The van der Waals surface area contributed by atoms with E-state index < -0.39 is 10.0 Å². The second-order valence-electron chi connectivity index (χ2n) is 7.09. The van der Waals surface area contributed by atoms with Crippen LogP contribution in [0, 0.1) is 0 Å². The van der Waals surface area contributed by atoms with Gasteiger partial charge in [0.1, 0.15) is 0 Å². The van der Waals surface area contributed by atoms with Crippen LogP contribution in [-0.2, 0) is 21.2 Å². The summed E-state index contributed by atoms with van der Waals surface area (Å²) in [6, 6.07) is 12.5. The highest BCUT2D eigenvalue weighted by molar-refractivity contribution is 7.92. The smallest absolute Gasteiger partial charge is 0.261 e. The maximum atomic E-state index is 12.9. The summed E-state index contributed by atoms with van der Waals surface area (Å²) in [6.07, 6.45) is 3.30. The van der Waals surface area contributed by atoms with E-state index in [9.17, 15) is 13.2 Å². The number of amides is 1. The topological polar surface area (TPSA) is 69.7 Å². The first-order valence-electron chi connectivity index (χ1n) is 9.21. The van der Waals surface area contributed by atoms with Gasteiger partial charge in [-0.25, -0.2) is 8.42 Å². The molecule has 6 nitrogen and oxygen atoms in total. The average Bonchev–Trinajstić information content (AvgIpc) is 3.19. The Kier molecular flexibility index (Phi) is 4.55. The molecule has 0 aromatic heterocycles. The van der Waals surface area contributed by atoms with Gasteiger partial charge in [0.05, 0.1) is 10.6 Å². The van der Waals surface area contributed by atoms with Gasteiger partial charge in [0, 0.05) is 37.9 Å². The fraction of sp³-hybridized carbons (Fsp3) is 0.350. The molecule has 0 aliphatic carbocycles. The number of nitrogens with zero attached hydrogens (tertiary/aromatic N) is 2. The van der Waals surface area contributed by atoms with E-state index in [1.54, 1.807) is 36.2 Å². The first-order chi connectivity index (χ1) is 12.9. The zero-order chi connectivity index (χ0) is 19.0. The summed E-state index contributed by atoms with van der Waals surface area (Å²) in [5, 5.41) is 0. The quantitative estimate of drug-likeness (QED) is 0.878. The van der Waals surface area contributed by atoms with Crippen molar-refractivity contribution in [2.24, 2.45) is 0 Å². The van der Waals surface area contributed by atoms with E-state index in [-0.39, 0.29) is 10.8 Å². The Morgan fingerprint density at radius 1 is 1.00 bits per heavy atom. The second-order valence-corrected chi connectivity index (χ2v) is 8.78. The van der Waals surface area contributed by atoms with Crippen molar-refractivity contribution >= 4 is 33.0 Å².